The monoisotopic (exact) mass is 466 g/mol. The van der Waals surface area contributed by atoms with E-state index < -0.39 is 17.6 Å². The zero-order valence-corrected chi connectivity index (χ0v) is 16.9. The van der Waals surface area contributed by atoms with E-state index >= 15 is 0 Å². The van der Waals surface area contributed by atoms with Crippen LogP contribution in [-0.2, 0) is 14.3 Å². The minimum Gasteiger partial charge on any atom is -0.469 e. The Morgan fingerprint density at radius 3 is 2.58 bits per heavy atom. The second-order valence-corrected chi connectivity index (χ2v) is 8.14. The molecule has 0 N–H and O–H groups in total. The van der Waals surface area contributed by atoms with Crippen molar-refractivity contribution < 1.29 is 19.1 Å². The average molecular weight is 467 g/mol. The number of hydrogen-bond donors (Lipinski definition) is 0. The first-order valence-corrected chi connectivity index (χ1v) is 8.95. The van der Waals surface area contributed by atoms with Crippen LogP contribution in [0.1, 0.15) is 32.3 Å². The molecule has 0 aromatic carbocycles. The van der Waals surface area contributed by atoms with Gasteiger partial charge in [-0.05, 0) is 49.4 Å². The van der Waals surface area contributed by atoms with E-state index in [0.717, 1.165) is 9.13 Å². The fourth-order valence-electron chi connectivity index (χ4n) is 2.72. The molecular formula is C16H20ClIN2O4. The Morgan fingerprint density at radius 1 is 1.38 bits per heavy atom. The van der Waals surface area contributed by atoms with Crippen molar-refractivity contribution in [1.82, 2.24) is 9.88 Å². The van der Waals surface area contributed by atoms with Gasteiger partial charge in [0, 0.05) is 34.3 Å². The Labute approximate surface area is 160 Å². The van der Waals surface area contributed by atoms with Gasteiger partial charge in [-0.1, -0.05) is 11.6 Å². The van der Waals surface area contributed by atoms with Crippen molar-refractivity contribution in [3.05, 3.63) is 26.5 Å². The maximum Gasteiger partial charge on any atom is 0.410 e. The maximum atomic E-state index is 12.4. The van der Waals surface area contributed by atoms with Crippen LogP contribution in [-0.4, -0.2) is 47.7 Å². The summed E-state index contributed by atoms with van der Waals surface area (Å²) in [6.45, 7) is 5.97. The van der Waals surface area contributed by atoms with Crippen molar-refractivity contribution in [2.24, 2.45) is 5.92 Å². The van der Waals surface area contributed by atoms with Crippen LogP contribution in [0.15, 0.2) is 12.3 Å². The van der Waals surface area contributed by atoms with Crippen LogP contribution in [0.25, 0.3) is 0 Å². The molecule has 6 nitrogen and oxygen atoms in total. The molecule has 24 heavy (non-hydrogen) atoms. The second-order valence-electron chi connectivity index (χ2n) is 6.62. The number of rotatable bonds is 2. The summed E-state index contributed by atoms with van der Waals surface area (Å²) >= 11 is 8.41. The number of aromatic nitrogens is 1. The molecule has 0 saturated carbocycles. The molecule has 1 aliphatic rings. The lowest BCUT2D eigenvalue weighted by atomic mass is 9.90. The van der Waals surface area contributed by atoms with Gasteiger partial charge in [0.25, 0.3) is 0 Å². The molecule has 1 amide bonds. The van der Waals surface area contributed by atoms with Crippen LogP contribution in [0.5, 0.6) is 0 Å². The van der Waals surface area contributed by atoms with Crippen LogP contribution < -0.4 is 0 Å². The minimum atomic E-state index is -0.601. The Bertz CT molecular complexity index is 627. The first-order chi connectivity index (χ1) is 11.1. The Kier molecular flexibility index (Phi) is 5.95. The summed E-state index contributed by atoms with van der Waals surface area (Å²) in [5, 5.41) is 0.340. The zero-order chi connectivity index (χ0) is 18.1. The number of carbonyl (C=O) groups excluding carboxylic acids is 2. The van der Waals surface area contributed by atoms with Crippen LogP contribution in [0, 0.1) is 9.49 Å². The van der Waals surface area contributed by atoms with Gasteiger partial charge in [0.1, 0.15) is 10.8 Å². The molecule has 2 atom stereocenters. The van der Waals surface area contributed by atoms with Gasteiger partial charge in [0.05, 0.1) is 13.0 Å². The molecule has 2 heterocycles. The van der Waals surface area contributed by atoms with Gasteiger partial charge < -0.3 is 14.4 Å². The molecule has 0 unspecified atom stereocenters. The lowest BCUT2D eigenvalue weighted by molar-refractivity contribution is -0.145. The van der Waals surface area contributed by atoms with Gasteiger partial charge in [-0.2, -0.15) is 0 Å². The molecule has 2 rings (SSSR count). The van der Waals surface area contributed by atoms with Crippen LogP contribution in [0.4, 0.5) is 4.79 Å². The van der Waals surface area contributed by atoms with Gasteiger partial charge in [0.2, 0.25) is 0 Å². The number of carbonyl (C=O) groups is 2. The molecule has 0 spiro atoms. The predicted octanol–water partition coefficient (Wildman–Crippen LogP) is 3.46. The summed E-state index contributed by atoms with van der Waals surface area (Å²) in [5.41, 5.74) is 0.164. The van der Waals surface area contributed by atoms with Crippen LogP contribution in [0.2, 0.25) is 5.15 Å². The van der Waals surface area contributed by atoms with E-state index in [2.05, 4.69) is 27.6 Å². The van der Waals surface area contributed by atoms with Crippen molar-refractivity contribution in [2.75, 3.05) is 20.2 Å². The SMILES string of the molecule is COC(=O)[C@@H]1CN(C(=O)OC(C)(C)C)C[C@H]1c1c(I)ccnc1Cl. The summed E-state index contributed by atoms with van der Waals surface area (Å²) in [4.78, 5) is 30.2. The van der Waals surface area contributed by atoms with Crippen molar-refractivity contribution in [2.45, 2.75) is 32.3 Å². The van der Waals surface area contributed by atoms with Gasteiger partial charge in [0.15, 0.2) is 0 Å². The number of esters is 1. The van der Waals surface area contributed by atoms with Gasteiger partial charge in [-0.3, -0.25) is 4.79 Å². The summed E-state index contributed by atoms with van der Waals surface area (Å²) in [7, 11) is 1.34. The highest BCUT2D eigenvalue weighted by Gasteiger charge is 2.44. The van der Waals surface area contributed by atoms with E-state index in [1.54, 1.807) is 27.0 Å². The number of ether oxygens (including phenoxy) is 2. The Morgan fingerprint density at radius 2 is 2.04 bits per heavy atom. The summed E-state index contributed by atoms with van der Waals surface area (Å²) in [5.74, 6) is -1.16. The highest BCUT2D eigenvalue weighted by atomic mass is 127. The molecule has 0 radical (unpaired) electrons. The lowest BCUT2D eigenvalue weighted by Gasteiger charge is -2.24. The number of methoxy groups -OCH3 is 1. The number of nitrogens with zero attached hydrogens (tertiary/aromatic N) is 2. The van der Waals surface area contributed by atoms with Crippen LogP contribution in [0.3, 0.4) is 0 Å². The molecule has 0 bridgehead atoms. The number of pyridine rings is 1. The first kappa shape index (κ1) is 19.2. The molecule has 1 fully saturated rings. The topological polar surface area (TPSA) is 68.7 Å². The molecule has 132 valence electrons. The predicted molar refractivity (Wildman–Crippen MR) is 98.0 cm³/mol. The van der Waals surface area contributed by atoms with Gasteiger partial charge in [-0.15, -0.1) is 0 Å². The largest absolute Gasteiger partial charge is 0.469 e. The summed E-state index contributed by atoms with van der Waals surface area (Å²) < 4.78 is 11.2. The third kappa shape index (κ3) is 4.30. The number of likely N-dealkylation sites (tertiary alicyclic amines) is 1. The average Bonchev–Trinajstić information content (AvgIpc) is 2.89. The fraction of sp³-hybridized carbons (Fsp3) is 0.562. The van der Waals surface area contributed by atoms with E-state index in [1.165, 1.54) is 12.0 Å². The molecular weight excluding hydrogens is 447 g/mol. The van der Waals surface area contributed by atoms with E-state index in [-0.39, 0.29) is 18.4 Å². The van der Waals surface area contributed by atoms with E-state index in [0.29, 0.717) is 11.7 Å². The second kappa shape index (κ2) is 7.43. The maximum absolute atomic E-state index is 12.4. The molecule has 8 heteroatoms. The highest BCUT2D eigenvalue weighted by molar-refractivity contribution is 14.1. The standard InChI is InChI=1S/C16H20ClIN2O4/c1-16(2,3)24-15(22)20-7-9(10(8-20)14(21)23-4)12-11(18)5-6-19-13(12)17/h5-6,9-10H,7-8H2,1-4H3/t9-,10-/m1/s1. The zero-order valence-electron chi connectivity index (χ0n) is 14.0. The lowest BCUT2D eigenvalue weighted by Crippen LogP contribution is -2.36. The van der Waals surface area contributed by atoms with Crippen molar-refractivity contribution >= 4 is 46.3 Å². The number of amides is 1. The Hall–Kier alpha value is -1.09. The van der Waals surface area contributed by atoms with Crippen LogP contribution >= 0.6 is 34.2 Å². The first-order valence-electron chi connectivity index (χ1n) is 7.49. The molecule has 1 aromatic heterocycles. The number of hydrogen-bond acceptors (Lipinski definition) is 5. The van der Waals surface area contributed by atoms with E-state index in [9.17, 15) is 9.59 Å². The Balaban J connectivity index is 2.32. The quantitative estimate of drug-likeness (QED) is 0.379. The van der Waals surface area contributed by atoms with Gasteiger partial charge >= 0.3 is 12.1 Å². The molecule has 1 aliphatic heterocycles. The molecule has 0 aliphatic carbocycles. The smallest absolute Gasteiger partial charge is 0.410 e. The molecule has 1 saturated heterocycles. The third-order valence-corrected chi connectivity index (χ3v) is 4.98. The summed E-state index contributed by atoms with van der Waals surface area (Å²) in [6, 6.07) is 1.83. The highest BCUT2D eigenvalue weighted by Crippen LogP contribution is 2.39. The normalized spacial score (nSPS) is 20.8. The van der Waals surface area contributed by atoms with Crippen molar-refractivity contribution in [3.8, 4) is 0 Å². The van der Waals surface area contributed by atoms with Gasteiger partial charge in [-0.25, -0.2) is 9.78 Å². The third-order valence-electron chi connectivity index (χ3n) is 3.73. The summed E-state index contributed by atoms with van der Waals surface area (Å²) in [6.07, 6.45) is 1.16. The minimum absolute atomic E-state index is 0.230. The molecule has 1 aromatic rings. The van der Waals surface area contributed by atoms with Crippen molar-refractivity contribution in [1.29, 1.82) is 0 Å². The van der Waals surface area contributed by atoms with E-state index in [4.69, 9.17) is 21.1 Å². The van der Waals surface area contributed by atoms with E-state index in [1.807, 2.05) is 6.07 Å². The van der Waals surface area contributed by atoms with Crippen molar-refractivity contribution in [3.63, 3.8) is 0 Å². The fourth-order valence-corrected chi connectivity index (χ4v) is 3.99. The number of halogens is 2.